The number of benzene rings is 1. The fraction of sp³-hybridized carbons (Fsp3) is 0. The van der Waals surface area contributed by atoms with Gasteiger partial charge in [-0.25, -0.2) is 0 Å². The van der Waals surface area contributed by atoms with Gasteiger partial charge in [0.05, 0.1) is 11.0 Å². The quantitative estimate of drug-likeness (QED) is 0.422. The number of hydrogen-bond acceptors (Lipinski definition) is 3. The normalized spacial score (nSPS) is 10.5. The van der Waals surface area contributed by atoms with Gasteiger partial charge < -0.3 is 9.97 Å². The molecule has 4 nitrogen and oxygen atoms in total. The highest BCUT2D eigenvalue weighted by molar-refractivity contribution is 7.80. The minimum atomic E-state index is -0.647. The average molecular weight is 194 g/mol. The van der Waals surface area contributed by atoms with Gasteiger partial charge in [-0.1, -0.05) is 0 Å². The molecule has 66 valence electrons. The van der Waals surface area contributed by atoms with E-state index >= 15 is 0 Å². The molecule has 2 aromatic rings. The molecule has 2 N–H and O–H groups in total. The van der Waals surface area contributed by atoms with E-state index in [-0.39, 0.29) is 0 Å². The van der Waals surface area contributed by atoms with Crippen molar-refractivity contribution in [3.63, 3.8) is 0 Å². The molecule has 0 spiro atoms. The van der Waals surface area contributed by atoms with E-state index < -0.39 is 11.1 Å². The molecule has 1 heterocycles. The summed E-state index contributed by atoms with van der Waals surface area (Å²) in [5.74, 6) is 0. The summed E-state index contributed by atoms with van der Waals surface area (Å²) in [5.41, 5.74) is -0.106. The van der Waals surface area contributed by atoms with Crippen LogP contribution in [0.3, 0.4) is 0 Å². The third-order valence-electron chi connectivity index (χ3n) is 1.71. The number of aromatic amines is 2. The van der Waals surface area contributed by atoms with E-state index in [1.165, 1.54) is 0 Å². The predicted octanol–water partition coefficient (Wildman–Crippen LogP) is 0.505. The molecule has 5 heteroatoms. The van der Waals surface area contributed by atoms with Crippen LogP contribution in [-0.2, 0) is 0 Å². The number of hydrogen-bond donors (Lipinski definition) is 3. The summed E-state index contributed by atoms with van der Waals surface area (Å²) in [6, 6.07) is 5.10. The Kier molecular flexibility index (Phi) is 1.73. The second kappa shape index (κ2) is 2.77. The van der Waals surface area contributed by atoms with Gasteiger partial charge in [0.2, 0.25) is 0 Å². The van der Waals surface area contributed by atoms with Crippen molar-refractivity contribution in [2.75, 3.05) is 0 Å². The largest absolute Gasteiger partial charge is 0.316 e. The van der Waals surface area contributed by atoms with Crippen LogP contribution < -0.4 is 11.1 Å². The van der Waals surface area contributed by atoms with Crippen molar-refractivity contribution in [2.24, 2.45) is 0 Å². The van der Waals surface area contributed by atoms with Crippen molar-refractivity contribution in [1.82, 2.24) is 9.97 Å². The summed E-state index contributed by atoms with van der Waals surface area (Å²) < 4.78 is 0. The van der Waals surface area contributed by atoms with Crippen LogP contribution in [-0.4, -0.2) is 9.97 Å². The minimum Gasteiger partial charge on any atom is -0.316 e. The van der Waals surface area contributed by atoms with Crippen molar-refractivity contribution in [1.29, 1.82) is 0 Å². The van der Waals surface area contributed by atoms with Crippen LogP contribution in [0.1, 0.15) is 0 Å². The van der Waals surface area contributed by atoms with Gasteiger partial charge in [-0.2, -0.15) is 0 Å². The molecule has 0 aliphatic carbocycles. The van der Waals surface area contributed by atoms with Crippen LogP contribution in [0.2, 0.25) is 0 Å². The van der Waals surface area contributed by atoms with E-state index in [1.54, 1.807) is 18.2 Å². The third kappa shape index (κ3) is 1.38. The lowest BCUT2D eigenvalue weighted by Crippen LogP contribution is -2.28. The number of nitrogens with one attached hydrogen (secondary N) is 2. The van der Waals surface area contributed by atoms with Gasteiger partial charge in [-0.3, -0.25) is 9.59 Å². The highest BCUT2D eigenvalue weighted by Gasteiger charge is 1.98. The Labute approximate surface area is 78.0 Å². The van der Waals surface area contributed by atoms with Crippen LogP contribution in [0, 0.1) is 0 Å². The summed E-state index contributed by atoms with van der Waals surface area (Å²) in [6.45, 7) is 0. The number of fused-ring (bicyclic) bond motifs is 1. The van der Waals surface area contributed by atoms with E-state index in [9.17, 15) is 9.59 Å². The number of thiol groups is 1. The van der Waals surface area contributed by atoms with Crippen molar-refractivity contribution < 1.29 is 0 Å². The molecule has 0 aliphatic heterocycles. The summed E-state index contributed by atoms with van der Waals surface area (Å²) >= 11 is 4.11. The molecule has 0 bridgehead atoms. The Bertz CT molecular complexity index is 570. The number of rotatable bonds is 0. The maximum absolute atomic E-state index is 10.9. The smallest absolute Gasteiger partial charge is 0.314 e. The van der Waals surface area contributed by atoms with Gasteiger partial charge in [0.15, 0.2) is 0 Å². The molecule has 0 radical (unpaired) electrons. The first-order valence-corrected chi connectivity index (χ1v) is 4.07. The van der Waals surface area contributed by atoms with Crippen LogP contribution in [0.15, 0.2) is 32.7 Å². The van der Waals surface area contributed by atoms with E-state index in [2.05, 4.69) is 22.6 Å². The molecule has 13 heavy (non-hydrogen) atoms. The monoisotopic (exact) mass is 194 g/mol. The zero-order chi connectivity index (χ0) is 9.42. The highest BCUT2D eigenvalue weighted by Crippen LogP contribution is 2.11. The molecule has 0 atom stereocenters. The van der Waals surface area contributed by atoms with Gasteiger partial charge in [0.1, 0.15) is 0 Å². The average Bonchev–Trinajstić information content (AvgIpc) is 2.08. The summed E-state index contributed by atoms with van der Waals surface area (Å²) in [6.07, 6.45) is 0. The van der Waals surface area contributed by atoms with Gasteiger partial charge in [0.25, 0.3) is 0 Å². The first-order chi connectivity index (χ1) is 6.16. The standard InChI is InChI=1S/C8H6N2O2S/c11-7-8(12)10-6-3-4(13)1-2-5(6)9-7/h1-3,13H,(H,9,11)(H,10,12). The second-order valence-electron chi connectivity index (χ2n) is 2.64. The Hall–Kier alpha value is -1.49. The van der Waals surface area contributed by atoms with Crippen molar-refractivity contribution in [3.05, 3.63) is 38.9 Å². The molecule has 1 aromatic carbocycles. The molecular formula is C8H6N2O2S. The Morgan fingerprint density at radius 1 is 1.00 bits per heavy atom. The maximum Gasteiger partial charge on any atom is 0.314 e. The lowest BCUT2D eigenvalue weighted by atomic mass is 10.3. The van der Waals surface area contributed by atoms with Gasteiger partial charge >= 0.3 is 11.1 Å². The minimum absolute atomic E-state index is 0.581. The first-order valence-electron chi connectivity index (χ1n) is 3.62. The molecule has 0 saturated heterocycles. The van der Waals surface area contributed by atoms with Gasteiger partial charge in [-0.15, -0.1) is 12.6 Å². The van der Waals surface area contributed by atoms with E-state index in [0.717, 1.165) is 4.90 Å². The molecule has 1 aromatic heterocycles. The Balaban J connectivity index is 2.97. The summed E-state index contributed by atoms with van der Waals surface area (Å²) in [4.78, 5) is 27.5. The third-order valence-corrected chi connectivity index (χ3v) is 1.98. The van der Waals surface area contributed by atoms with Crippen molar-refractivity contribution in [2.45, 2.75) is 4.90 Å². The summed E-state index contributed by atoms with van der Waals surface area (Å²) in [5, 5.41) is 0. The van der Waals surface area contributed by atoms with Crippen molar-refractivity contribution in [3.8, 4) is 0 Å². The van der Waals surface area contributed by atoms with E-state index in [0.29, 0.717) is 11.0 Å². The van der Waals surface area contributed by atoms with E-state index in [4.69, 9.17) is 0 Å². The molecule has 0 unspecified atom stereocenters. The first kappa shape index (κ1) is 8.12. The predicted molar refractivity (Wildman–Crippen MR) is 52.4 cm³/mol. The highest BCUT2D eigenvalue weighted by atomic mass is 32.1. The molecule has 0 amide bonds. The fourth-order valence-corrected chi connectivity index (χ4v) is 1.31. The lowest BCUT2D eigenvalue weighted by molar-refractivity contribution is 1.14. The zero-order valence-electron chi connectivity index (χ0n) is 6.50. The topological polar surface area (TPSA) is 65.7 Å². The maximum atomic E-state index is 10.9. The Morgan fingerprint density at radius 2 is 1.62 bits per heavy atom. The van der Waals surface area contributed by atoms with E-state index in [1.807, 2.05) is 0 Å². The molecule has 0 saturated carbocycles. The zero-order valence-corrected chi connectivity index (χ0v) is 7.39. The van der Waals surface area contributed by atoms with Crippen molar-refractivity contribution >= 4 is 23.7 Å². The Morgan fingerprint density at radius 3 is 2.31 bits per heavy atom. The number of H-pyrrole nitrogens is 2. The molecule has 0 fully saturated rings. The summed E-state index contributed by atoms with van der Waals surface area (Å²) in [7, 11) is 0. The SMILES string of the molecule is O=c1[nH]c2ccc(S)cc2[nH]c1=O. The second-order valence-corrected chi connectivity index (χ2v) is 3.15. The fourth-order valence-electron chi connectivity index (χ4n) is 1.10. The molecule has 0 aliphatic rings. The number of aromatic nitrogens is 2. The van der Waals surface area contributed by atoms with Crippen LogP contribution in [0.4, 0.5) is 0 Å². The van der Waals surface area contributed by atoms with Gasteiger partial charge in [0, 0.05) is 4.90 Å². The molecular weight excluding hydrogens is 188 g/mol. The van der Waals surface area contributed by atoms with Crippen LogP contribution in [0.5, 0.6) is 0 Å². The lowest BCUT2D eigenvalue weighted by Gasteiger charge is -1.96. The van der Waals surface area contributed by atoms with Crippen LogP contribution in [0.25, 0.3) is 11.0 Å². The van der Waals surface area contributed by atoms with Gasteiger partial charge in [-0.05, 0) is 18.2 Å². The van der Waals surface area contributed by atoms with Crippen LogP contribution >= 0.6 is 12.6 Å². The molecule has 2 rings (SSSR count).